The van der Waals surface area contributed by atoms with Crippen molar-refractivity contribution in [1.29, 1.82) is 0 Å². The Labute approximate surface area is 110 Å². The van der Waals surface area contributed by atoms with Crippen molar-refractivity contribution in [2.24, 2.45) is 0 Å². The average molecular weight is 254 g/mol. The topological polar surface area (TPSA) is 41.6 Å². The molecule has 0 radical (unpaired) electrons. The molecule has 18 heavy (non-hydrogen) atoms. The van der Waals surface area contributed by atoms with Crippen molar-refractivity contribution in [2.45, 2.75) is 39.2 Å². The molecule has 0 amide bonds. The summed E-state index contributed by atoms with van der Waals surface area (Å²) >= 11 is 0. The monoisotopic (exact) mass is 254 g/mol. The van der Waals surface area contributed by atoms with Crippen LogP contribution in [0.1, 0.15) is 33.1 Å². The maximum Gasteiger partial charge on any atom is 0.334 e. The first-order valence-corrected chi connectivity index (χ1v) is 6.94. The van der Waals surface area contributed by atoms with Gasteiger partial charge in [0.15, 0.2) is 0 Å². The summed E-state index contributed by atoms with van der Waals surface area (Å²) in [6, 6.07) is 0.370. The van der Waals surface area contributed by atoms with E-state index in [0.717, 1.165) is 6.54 Å². The second-order valence-electron chi connectivity index (χ2n) is 4.97. The van der Waals surface area contributed by atoms with Gasteiger partial charge in [0.1, 0.15) is 0 Å². The SMILES string of the molecule is C=C(CNC(C)CN1CCCCC1)C(=O)OCC. The van der Waals surface area contributed by atoms with E-state index >= 15 is 0 Å². The van der Waals surface area contributed by atoms with Crippen molar-refractivity contribution in [1.82, 2.24) is 10.2 Å². The fourth-order valence-corrected chi connectivity index (χ4v) is 2.20. The van der Waals surface area contributed by atoms with E-state index in [9.17, 15) is 4.79 Å². The Morgan fingerprint density at radius 3 is 2.67 bits per heavy atom. The number of hydrogen-bond donors (Lipinski definition) is 1. The van der Waals surface area contributed by atoms with Gasteiger partial charge in [-0.1, -0.05) is 13.0 Å². The molecule has 0 saturated carbocycles. The molecule has 1 aliphatic heterocycles. The summed E-state index contributed by atoms with van der Waals surface area (Å²) in [5.74, 6) is -0.296. The van der Waals surface area contributed by atoms with Crippen LogP contribution in [0.25, 0.3) is 0 Å². The molecule has 1 rings (SSSR count). The van der Waals surface area contributed by atoms with E-state index in [-0.39, 0.29) is 5.97 Å². The number of likely N-dealkylation sites (tertiary alicyclic amines) is 1. The van der Waals surface area contributed by atoms with Crippen molar-refractivity contribution >= 4 is 5.97 Å². The van der Waals surface area contributed by atoms with Crippen LogP contribution in [0.2, 0.25) is 0 Å². The maximum absolute atomic E-state index is 11.4. The Kier molecular flexibility index (Phi) is 6.98. The van der Waals surface area contributed by atoms with E-state index < -0.39 is 0 Å². The second kappa shape index (κ2) is 8.27. The van der Waals surface area contributed by atoms with Crippen molar-refractivity contribution in [3.8, 4) is 0 Å². The summed E-state index contributed by atoms with van der Waals surface area (Å²) in [4.78, 5) is 13.9. The highest BCUT2D eigenvalue weighted by Gasteiger charge is 2.14. The van der Waals surface area contributed by atoms with Gasteiger partial charge in [-0.15, -0.1) is 0 Å². The summed E-state index contributed by atoms with van der Waals surface area (Å²) in [5, 5.41) is 3.33. The number of rotatable bonds is 7. The number of piperidine rings is 1. The van der Waals surface area contributed by atoms with Crippen LogP contribution in [0, 0.1) is 0 Å². The lowest BCUT2D eigenvalue weighted by Crippen LogP contribution is -2.42. The van der Waals surface area contributed by atoms with Crippen molar-refractivity contribution in [2.75, 3.05) is 32.8 Å². The highest BCUT2D eigenvalue weighted by Crippen LogP contribution is 2.08. The summed E-state index contributed by atoms with van der Waals surface area (Å²) in [6.07, 6.45) is 3.97. The second-order valence-corrected chi connectivity index (χ2v) is 4.97. The van der Waals surface area contributed by atoms with Crippen molar-refractivity contribution < 1.29 is 9.53 Å². The molecule has 0 bridgehead atoms. The molecule has 4 nitrogen and oxygen atoms in total. The van der Waals surface area contributed by atoms with Gasteiger partial charge in [0.25, 0.3) is 0 Å². The Morgan fingerprint density at radius 2 is 2.06 bits per heavy atom. The Bertz CT molecular complexity index is 273. The predicted octanol–water partition coefficient (Wildman–Crippen LogP) is 1.57. The molecular weight excluding hydrogens is 228 g/mol. The lowest BCUT2D eigenvalue weighted by atomic mass is 10.1. The van der Waals surface area contributed by atoms with E-state index in [1.165, 1.54) is 32.4 Å². The quantitative estimate of drug-likeness (QED) is 0.553. The standard InChI is InChI=1S/C14H26N2O2/c1-4-18-14(17)12(2)10-15-13(3)11-16-8-6-5-7-9-16/h13,15H,2,4-11H2,1,3H3. The molecule has 1 fully saturated rings. The normalized spacial score (nSPS) is 18.3. The van der Waals surface area contributed by atoms with Gasteiger partial charge in [-0.05, 0) is 39.8 Å². The van der Waals surface area contributed by atoms with Crippen LogP contribution < -0.4 is 5.32 Å². The van der Waals surface area contributed by atoms with Crippen LogP contribution in [-0.4, -0.2) is 49.7 Å². The zero-order valence-electron chi connectivity index (χ0n) is 11.7. The molecule has 104 valence electrons. The number of nitrogens with zero attached hydrogens (tertiary/aromatic N) is 1. The third-order valence-electron chi connectivity index (χ3n) is 3.21. The predicted molar refractivity (Wildman–Crippen MR) is 73.5 cm³/mol. The van der Waals surface area contributed by atoms with Crippen molar-refractivity contribution in [3.05, 3.63) is 12.2 Å². The molecule has 1 aliphatic rings. The third kappa shape index (κ3) is 5.65. The first-order chi connectivity index (χ1) is 8.63. The minimum absolute atomic E-state index is 0.296. The van der Waals surface area contributed by atoms with Crippen LogP contribution >= 0.6 is 0 Å². The molecule has 0 aromatic carbocycles. The molecule has 1 unspecified atom stereocenters. The van der Waals surface area contributed by atoms with E-state index in [4.69, 9.17) is 4.74 Å². The molecule has 1 N–H and O–H groups in total. The minimum Gasteiger partial charge on any atom is -0.463 e. The number of carbonyl (C=O) groups excluding carboxylic acids is 1. The summed E-state index contributed by atoms with van der Waals surface area (Å²) in [6.45, 7) is 12.0. The van der Waals surface area contributed by atoms with E-state index in [0.29, 0.717) is 24.8 Å². The molecular formula is C14H26N2O2. The molecule has 0 spiro atoms. The van der Waals surface area contributed by atoms with E-state index in [1.54, 1.807) is 6.92 Å². The highest BCUT2D eigenvalue weighted by atomic mass is 16.5. The number of nitrogens with one attached hydrogen (secondary N) is 1. The van der Waals surface area contributed by atoms with Crippen LogP contribution in [0.15, 0.2) is 12.2 Å². The summed E-state index contributed by atoms with van der Waals surface area (Å²) in [5.41, 5.74) is 0.502. The van der Waals surface area contributed by atoms with Gasteiger partial charge < -0.3 is 15.0 Å². The molecule has 0 aromatic heterocycles. The first-order valence-electron chi connectivity index (χ1n) is 6.94. The fourth-order valence-electron chi connectivity index (χ4n) is 2.20. The summed E-state index contributed by atoms with van der Waals surface area (Å²) in [7, 11) is 0. The Morgan fingerprint density at radius 1 is 1.39 bits per heavy atom. The van der Waals surface area contributed by atoms with Gasteiger partial charge in [0, 0.05) is 24.7 Å². The molecule has 0 aromatic rings. The number of ether oxygens (including phenoxy) is 1. The lowest BCUT2D eigenvalue weighted by Gasteiger charge is -2.29. The largest absolute Gasteiger partial charge is 0.463 e. The number of esters is 1. The van der Waals surface area contributed by atoms with E-state index in [1.807, 2.05) is 0 Å². The minimum atomic E-state index is -0.296. The third-order valence-corrected chi connectivity index (χ3v) is 3.21. The molecule has 4 heteroatoms. The first kappa shape index (κ1) is 15.2. The summed E-state index contributed by atoms with van der Waals surface area (Å²) < 4.78 is 4.90. The number of carbonyl (C=O) groups is 1. The van der Waals surface area contributed by atoms with Crippen LogP contribution in [-0.2, 0) is 9.53 Å². The van der Waals surface area contributed by atoms with Gasteiger partial charge in [-0.25, -0.2) is 4.79 Å². The maximum atomic E-state index is 11.4. The van der Waals surface area contributed by atoms with Gasteiger partial charge in [0.05, 0.1) is 6.61 Å². The van der Waals surface area contributed by atoms with Crippen molar-refractivity contribution in [3.63, 3.8) is 0 Å². The van der Waals surface area contributed by atoms with Gasteiger partial charge in [-0.3, -0.25) is 0 Å². The van der Waals surface area contributed by atoms with Crippen LogP contribution in [0.4, 0.5) is 0 Å². The highest BCUT2D eigenvalue weighted by molar-refractivity contribution is 5.88. The Balaban J connectivity index is 2.17. The Hall–Kier alpha value is -0.870. The fraction of sp³-hybridized carbons (Fsp3) is 0.786. The van der Waals surface area contributed by atoms with E-state index in [2.05, 4.69) is 23.7 Å². The van der Waals surface area contributed by atoms with Gasteiger partial charge in [-0.2, -0.15) is 0 Å². The number of hydrogen-bond acceptors (Lipinski definition) is 4. The van der Waals surface area contributed by atoms with Crippen LogP contribution in [0.3, 0.4) is 0 Å². The molecule has 0 aliphatic carbocycles. The average Bonchev–Trinajstić information content (AvgIpc) is 2.37. The van der Waals surface area contributed by atoms with Crippen LogP contribution in [0.5, 0.6) is 0 Å². The molecule has 1 heterocycles. The zero-order valence-corrected chi connectivity index (χ0v) is 11.7. The molecule has 1 atom stereocenters. The molecule has 1 saturated heterocycles. The van der Waals surface area contributed by atoms with Gasteiger partial charge >= 0.3 is 5.97 Å². The smallest absolute Gasteiger partial charge is 0.334 e. The zero-order chi connectivity index (χ0) is 13.4. The van der Waals surface area contributed by atoms with Gasteiger partial charge in [0.2, 0.25) is 0 Å². The lowest BCUT2D eigenvalue weighted by molar-refractivity contribution is -0.138.